The second-order valence-electron chi connectivity index (χ2n) is 8.13. The van der Waals surface area contributed by atoms with Crippen molar-refractivity contribution in [2.24, 2.45) is 0 Å². The molecule has 0 spiro atoms. The standard InChI is InChI=1S/C22H31N6O6P/c1-15(2)33-22(29)18(11-31-4)27-35(30,34-17-8-6-5-7-9-17)14-32-16(3)10-28-13-26-19-20(23)24-12-25-21(19)28/h5-9,12-13,15-16,18H,10-11,14H2,1-4H3,(H,27,30)(H2,23,24,25)/t16-,18+,35?/m1/s1. The molecule has 1 aromatic carbocycles. The molecule has 0 saturated heterocycles. The summed E-state index contributed by atoms with van der Waals surface area (Å²) in [4.78, 5) is 25.0. The number of para-hydroxylation sites is 1. The molecule has 0 saturated carbocycles. The number of ether oxygens (including phenoxy) is 3. The minimum Gasteiger partial charge on any atom is -0.462 e. The summed E-state index contributed by atoms with van der Waals surface area (Å²) in [6.45, 7) is 5.55. The lowest BCUT2D eigenvalue weighted by Gasteiger charge is -2.26. The molecule has 1 unspecified atom stereocenters. The number of hydrogen-bond donors (Lipinski definition) is 2. The van der Waals surface area contributed by atoms with E-state index in [0.29, 0.717) is 23.5 Å². The SMILES string of the molecule is COC[C@H](NP(=O)(CO[C@H](C)Cn1cnc2c(N)ncnc21)Oc1ccccc1)C(=O)OC(C)C. The Morgan fingerprint density at radius 2 is 1.91 bits per heavy atom. The van der Waals surface area contributed by atoms with Crippen molar-refractivity contribution in [1.29, 1.82) is 0 Å². The summed E-state index contributed by atoms with van der Waals surface area (Å²) in [5.74, 6) is 0.0412. The van der Waals surface area contributed by atoms with Crippen LogP contribution in [0, 0.1) is 0 Å². The lowest BCUT2D eigenvalue weighted by atomic mass is 10.3. The van der Waals surface area contributed by atoms with Crippen molar-refractivity contribution in [1.82, 2.24) is 24.6 Å². The summed E-state index contributed by atoms with van der Waals surface area (Å²) in [5, 5.41) is 2.79. The molecule has 3 N–H and O–H groups in total. The van der Waals surface area contributed by atoms with Crippen molar-refractivity contribution in [3.63, 3.8) is 0 Å². The van der Waals surface area contributed by atoms with Gasteiger partial charge in [0.1, 0.15) is 30.0 Å². The smallest absolute Gasteiger partial charge is 0.342 e. The molecule has 0 bridgehead atoms. The first-order chi connectivity index (χ1) is 16.7. The van der Waals surface area contributed by atoms with E-state index in [1.807, 2.05) is 13.0 Å². The van der Waals surface area contributed by atoms with Crippen molar-refractivity contribution in [2.75, 3.05) is 25.8 Å². The number of anilines is 1. The number of imidazole rings is 1. The summed E-state index contributed by atoms with van der Waals surface area (Å²) >= 11 is 0. The maximum absolute atomic E-state index is 13.8. The van der Waals surface area contributed by atoms with Crippen molar-refractivity contribution >= 4 is 30.5 Å². The van der Waals surface area contributed by atoms with E-state index < -0.39 is 25.6 Å². The number of carbonyl (C=O) groups excluding carboxylic acids is 1. The van der Waals surface area contributed by atoms with Gasteiger partial charge in [0, 0.05) is 7.11 Å². The van der Waals surface area contributed by atoms with Crippen LogP contribution >= 0.6 is 7.52 Å². The summed E-state index contributed by atoms with van der Waals surface area (Å²) in [7, 11) is -2.31. The fourth-order valence-electron chi connectivity index (χ4n) is 3.21. The van der Waals surface area contributed by atoms with Crippen LogP contribution in [0.5, 0.6) is 5.75 Å². The molecule has 3 aromatic rings. The Labute approximate surface area is 203 Å². The highest BCUT2D eigenvalue weighted by Gasteiger charge is 2.34. The quantitative estimate of drug-likeness (QED) is 0.260. The Hall–Kier alpha value is -3.05. The number of rotatable bonds is 13. The van der Waals surface area contributed by atoms with Crippen LogP contribution in [0.3, 0.4) is 0 Å². The summed E-state index contributed by atoms with van der Waals surface area (Å²) in [5.41, 5.74) is 6.90. The Morgan fingerprint density at radius 1 is 1.17 bits per heavy atom. The predicted octanol–water partition coefficient (Wildman–Crippen LogP) is 2.60. The highest BCUT2D eigenvalue weighted by atomic mass is 31.2. The fraction of sp³-hybridized carbons (Fsp3) is 0.455. The van der Waals surface area contributed by atoms with Crippen LogP contribution < -0.4 is 15.3 Å². The normalized spacial score (nSPS) is 15.0. The molecule has 13 heteroatoms. The first-order valence-electron chi connectivity index (χ1n) is 11.0. The number of nitrogens with zero attached hydrogens (tertiary/aromatic N) is 4. The van der Waals surface area contributed by atoms with Gasteiger partial charge in [-0.15, -0.1) is 0 Å². The molecule has 0 aliphatic carbocycles. The summed E-state index contributed by atoms with van der Waals surface area (Å²) in [6.07, 6.45) is 1.87. The van der Waals surface area contributed by atoms with Crippen LogP contribution in [0.25, 0.3) is 11.2 Å². The number of nitrogens with one attached hydrogen (secondary N) is 1. The Balaban J connectivity index is 1.74. The van der Waals surface area contributed by atoms with Gasteiger partial charge in [-0.3, -0.25) is 9.36 Å². The Bertz CT molecular complexity index is 1160. The number of nitrogens with two attached hydrogens (primary N) is 1. The monoisotopic (exact) mass is 506 g/mol. The van der Waals surface area contributed by atoms with Gasteiger partial charge in [-0.1, -0.05) is 18.2 Å². The van der Waals surface area contributed by atoms with Gasteiger partial charge in [0.15, 0.2) is 11.5 Å². The van der Waals surface area contributed by atoms with E-state index >= 15 is 0 Å². The molecule has 12 nitrogen and oxygen atoms in total. The molecule has 0 aliphatic heterocycles. The number of fused-ring (bicyclic) bond motifs is 1. The van der Waals surface area contributed by atoms with Gasteiger partial charge in [0.05, 0.1) is 31.7 Å². The highest BCUT2D eigenvalue weighted by molar-refractivity contribution is 7.57. The van der Waals surface area contributed by atoms with Crippen LogP contribution in [-0.2, 0) is 30.1 Å². The lowest BCUT2D eigenvalue weighted by Crippen LogP contribution is -2.42. The topological polar surface area (TPSA) is 153 Å². The van der Waals surface area contributed by atoms with Gasteiger partial charge >= 0.3 is 13.5 Å². The van der Waals surface area contributed by atoms with Crippen molar-refractivity contribution in [3.05, 3.63) is 43.0 Å². The van der Waals surface area contributed by atoms with Gasteiger partial charge in [-0.05, 0) is 32.9 Å². The zero-order valence-corrected chi connectivity index (χ0v) is 21.1. The van der Waals surface area contributed by atoms with E-state index in [4.69, 9.17) is 24.5 Å². The number of hydrogen-bond acceptors (Lipinski definition) is 10. The molecule has 3 rings (SSSR count). The average Bonchev–Trinajstić information content (AvgIpc) is 3.22. The summed E-state index contributed by atoms with van der Waals surface area (Å²) < 4.78 is 37.7. The van der Waals surface area contributed by atoms with Crippen LogP contribution in [0.2, 0.25) is 0 Å². The molecule has 3 atom stereocenters. The van der Waals surface area contributed by atoms with Crippen molar-refractivity contribution < 1.29 is 28.1 Å². The molecule has 2 heterocycles. The van der Waals surface area contributed by atoms with Crippen LogP contribution in [0.4, 0.5) is 5.82 Å². The first-order valence-corrected chi connectivity index (χ1v) is 12.9. The van der Waals surface area contributed by atoms with Gasteiger partial charge in [0.2, 0.25) is 0 Å². The number of aromatic nitrogens is 4. The van der Waals surface area contributed by atoms with Gasteiger partial charge in [0.25, 0.3) is 0 Å². The van der Waals surface area contributed by atoms with E-state index in [9.17, 15) is 9.36 Å². The largest absolute Gasteiger partial charge is 0.462 e. The molecule has 0 aliphatic rings. The number of carbonyl (C=O) groups is 1. The zero-order chi connectivity index (χ0) is 25.4. The number of nitrogen functional groups attached to an aromatic ring is 1. The van der Waals surface area contributed by atoms with Crippen LogP contribution in [-0.4, -0.2) is 63.8 Å². The Morgan fingerprint density at radius 3 is 2.60 bits per heavy atom. The van der Waals surface area contributed by atoms with E-state index in [2.05, 4.69) is 20.0 Å². The number of methoxy groups -OCH3 is 1. The highest BCUT2D eigenvalue weighted by Crippen LogP contribution is 2.44. The second kappa shape index (κ2) is 12.1. The predicted molar refractivity (Wildman–Crippen MR) is 130 cm³/mol. The third kappa shape index (κ3) is 7.46. The molecule has 0 amide bonds. The second-order valence-corrected chi connectivity index (χ2v) is 10.2. The zero-order valence-electron chi connectivity index (χ0n) is 20.2. The van der Waals surface area contributed by atoms with E-state index in [1.165, 1.54) is 13.4 Å². The maximum atomic E-state index is 13.8. The van der Waals surface area contributed by atoms with Gasteiger partial charge in [-0.2, -0.15) is 0 Å². The lowest BCUT2D eigenvalue weighted by molar-refractivity contribution is -0.150. The van der Waals surface area contributed by atoms with E-state index in [0.717, 1.165) is 0 Å². The number of esters is 1. The fourth-order valence-corrected chi connectivity index (χ4v) is 4.95. The Kier molecular flexibility index (Phi) is 9.16. The van der Waals surface area contributed by atoms with Crippen molar-refractivity contribution in [2.45, 2.75) is 45.6 Å². The van der Waals surface area contributed by atoms with Crippen LogP contribution in [0.1, 0.15) is 20.8 Å². The molecule has 2 aromatic heterocycles. The van der Waals surface area contributed by atoms with Crippen molar-refractivity contribution in [3.8, 4) is 5.75 Å². The minimum absolute atomic E-state index is 0.0641. The van der Waals surface area contributed by atoms with Gasteiger partial charge in [-0.25, -0.2) is 20.0 Å². The van der Waals surface area contributed by atoms with Gasteiger partial charge < -0.3 is 29.0 Å². The van der Waals surface area contributed by atoms with E-state index in [-0.39, 0.29) is 24.9 Å². The molecular weight excluding hydrogens is 475 g/mol. The summed E-state index contributed by atoms with van der Waals surface area (Å²) in [6, 6.07) is 7.62. The molecule has 190 valence electrons. The number of benzene rings is 1. The van der Waals surface area contributed by atoms with Crippen LogP contribution in [0.15, 0.2) is 43.0 Å². The molecule has 0 fully saturated rings. The minimum atomic E-state index is -3.75. The molecule has 35 heavy (non-hydrogen) atoms. The third-order valence-electron chi connectivity index (χ3n) is 4.73. The van der Waals surface area contributed by atoms with E-state index in [1.54, 1.807) is 49.0 Å². The molecule has 0 radical (unpaired) electrons. The first kappa shape index (κ1) is 26.6. The third-order valence-corrected chi connectivity index (χ3v) is 6.43. The maximum Gasteiger partial charge on any atom is 0.342 e. The average molecular weight is 507 g/mol. The molecular formula is C22H31N6O6P.